The van der Waals surface area contributed by atoms with Crippen molar-refractivity contribution >= 4 is 33.1 Å². The van der Waals surface area contributed by atoms with Gasteiger partial charge in [-0.2, -0.15) is 0 Å². The zero-order valence-corrected chi connectivity index (χ0v) is 45.5. The Hall–Kier alpha value is -7.25. The van der Waals surface area contributed by atoms with E-state index in [0.29, 0.717) is 17.1 Å². The van der Waals surface area contributed by atoms with Gasteiger partial charge in [-0.25, -0.2) is 15.0 Å². The molecule has 0 atom stereocenters. The molecule has 6 aromatic carbocycles. The second kappa shape index (κ2) is 17.5. The molecule has 0 saturated carbocycles. The number of para-hydroxylation sites is 2. The van der Waals surface area contributed by atoms with E-state index in [2.05, 4.69) is 224 Å². The van der Waals surface area contributed by atoms with Gasteiger partial charge in [0.25, 0.3) is 0 Å². The number of phenolic OH excluding ortho intramolecular Hbond substituents is 1. The Morgan fingerprint density at radius 2 is 1.14 bits per heavy atom. The highest BCUT2D eigenvalue weighted by molar-refractivity contribution is 6.02. The fourth-order valence-corrected chi connectivity index (χ4v) is 10.1. The lowest BCUT2D eigenvalue weighted by atomic mass is 9.79. The van der Waals surface area contributed by atoms with E-state index < -0.39 is 0 Å². The number of aromatic nitrogens is 4. The molecule has 1 N–H and O–H groups in total. The van der Waals surface area contributed by atoms with Crippen molar-refractivity contribution in [3.05, 3.63) is 162 Å². The molecule has 0 unspecified atom stereocenters. The lowest BCUT2D eigenvalue weighted by molar-refractivity contribution is 0.370. The average molecular weight is 967 g/mol. The topological polar surface area (TPSA) is 90.1 Å². The number of imidazole rings is 1. The van der Waals surface area contributed by atoms with Gasteiger partial charge in [0, 0.05) is 51.8 Å². The van der Waals surface area contributed by atoms with E-state index in [1.807, 2.05) is 12.1 Å². The molecule has 0 saturated heterocycles. The van der Waals surface area contributed by atoms with Gasteiger partial charge in [0.2, 0.25) is 0 Å². The third-order valence-electron chi connectivity index (χ3n) is 14.2. The number of furan rings is 2. The third kappa shape index (κ3) is 9.39. The third-order valence-corrected chi connectivity index (χ3v) is 14.2. The molecular formula is C66H70N4O3. The van der Waals surface area contributed by atoms with Gasteiger partial charge < -0.3 is 13.9 Å². The Morgan fingerprint density at radius 3 is 1.81 bits per heavy atom. The number of hydrogen-bond acceptors (Lipinski definition) is 6. The van der Waals surface area contributed by atoms with E-state index in [4.69, 9.17) is 23.8 Å². The van der Waals surface area contributed by atoms with Crippen molar-refractivity contribution in [1.29, 1.82) is 0 Å². The first-order valence-corrected chi connectivity index (χ1v) is 25.8. The second-order valence-electron chi connectivity index (χ2n) is 25.5. The zero-order chi connectivity index (χ0) is 52.2. The first kappa shape index (κ1) is 49.3. The summed E-state index contributed by atoms with van der Waals surface area (Å²) in [6, 6.07) is 45.3. The Labute approximate surface area is 431 Å². The summed E-state index contributed by atoms with van der Waals surface area (Å²) in [6.45, 7) is 33.3. The fraction of sp³-hybridized carbons (Fsp3) is 0.318. The molecular weight excluding hydrogens is 897 g/mol. The monoisotopic (exact) mass is 967 g/mol. The van der Waals surface area contributed by atoms with Crippen LogP contribution < -0.4 is 0 Å². The first-order chi connectivity index (χ1) is 34.2. The molecule has 0 bridgehead atoms. The molecule has 0 aliphatic rings. The summed E-state index contributed by atoms with van der Waals surface area (Å²) in [4.78, 5) is 15.7. The molecule has 0 spiro atoms. The predicted molar refractivity (Wildman–Crippen MR) is 303 cm³/mol. The predicted octanol–water partition coefficient (Wildman–Crippen LogP) is 18.1. The molecule has 0 amide bonds. The summed E-state index contributed by atoms with van der Waals surface area (Å²) in [5.41, 5.74) is 16.2. The van der Waals surface area contributed by atoms with Crippen LogP contribution in [0.5, 0.6) is 5.75 Å². The molecule has 0 fully saturated rings. The molecule has 4 heterocycles. The van der Waals surface area contributed by atoms with Crippen LogP contribution in [0, 0.1) is 5.41 Å². The molecule has 0 aliphatic heterocycles. The molecule has 10 rings (SSSR count). The molecule has 0 aliphatic carbocycles. The van der Waals surface area contributed by atoms with Crippen molar-refractivity contribution in [3.8, 4) is 67.7 Å². The number of hydrogen-bond donors (Lipinski definition) is 1. The molecule has 0 radical (unpaired) electrons. The Bertz CT molecular complexity index is 3700. The van der Waals surface area contributed by atoms with Gasteiger partial charge in [-0.15, -0.1) is 0 Å². The maximum atomic E-state index is 12.7. The van der Waals surface area contributed by atoms with Gasteiger partial charge in [0.1, 0.15) is 29.4 Å². The van der Waals surface area contributed by atoms with Crippen molar-refractivity contribution < 1.29 is 13.9 Å². The highest BCUT2D eigenvalue weighted by Crippen LogP contribution is 2.47. The van der Waals surface area contributed by atoms with Gasteiger partial charge in [-0.05, 0) is 97.4 Å². The lowest BCUT2D eigenvalue weighted by Crippen LogP contribution is -2.17. The Kier molecular flexibility index (Phi) is 11.8. The van der Waals surface area contributed by atoms with Crippen LogP contribution in [0.4, 0.5) is 0 Å². The normalized spacial score (nSPS) is 13.0. The largest absolute Gasteiger partial charge is 0.507 e. The van der Waals surface area contributed by atoms with E-state index in [1.165, 1.54) is 5.56 Å². The second-order valence-corrected chi connectivity index (χ2v) is 25.5. The first-order valence-electron chi connectivity index (χ1n) is 25.8. The molecule has 10 aromatic rings. The lowest BCUT2D eigenvalue weighted by Gasteiger charge is -2.28. The minimum Gasteiger partial charge on any atom is -0.507 e. The van der Waals surface area contributed by atoms with Crippen LogP contribution in [0.15, 0.2) is 143 Å². The number of rotatable bonds is 7. The van der Waals surface area contributed by atoms with Crippen LogP contribution in [-0.4, -0.2) is 24.6 Å². The Balaban J connectivity index is 1.22. The van der Waals surface area contributed by atoms with E-state index in [0.717, 1.165) is 107 Å². The van der Waals surface area contributed by atoms with Crippen molar-refractivity contribution in [3.63, 3.8) is 0 Å². The summed E-state index contributed by atoms with van der Waals surface area (Å²) < 4.78 is 15.1. The minimum absolute atomic E-state index is 0.0902. The van der Waals surface area contributed by atoms with Crippen LogP contribution in [0.1, 0.15) is 132 Å². The fourth-order valence-electron chi connectivity index (χ4n) is 10.1. The molecule has 7 heteroatoms. The highest BCUT2D eigenvalue weighted by Gasteiger charge is 2.30. The van der Waals surface area contributed by atoms with Crippen molar-refractivity contribution in [1.82, 2.24) is 19.5 Å². The maximum absolute atomic E-state index is 12.7. The quantitative estimate of drug-likeness (QED) is 0.171. The standard InChI is InChI=1S/C66H70N4O3/c1-62(2,3)37-45-35-55-56(72-45)36-54(73-55)47-24-19-25-48-57(67-38-68-58(47)48)41-29-40(30-43(31-41)64(7,8)9)46-23-20-26-53-59(46)69-61(50-33-44(65(10,11)12)34-51(60(50)71)66(13,14)15)70(53)52-28-27-42(63(4,5)6)32-49(52)39-21-17-16-18-22-39/h16-36,38,71H,37H2,1-15H3. The number of aromatic hydroxyl groups is 1. The van der Waals surface area contributed by atoms with Crippen LogP contribution in [0.3, 0.4) is 0 Å². The van der Waals surface area contributed by atoms with E-state index in [1.54, 1.807) is 6.33 Å². The SMILES string of the molecule is CC(C)(C)Cc1cc2oc(-c3cccc4c(-c5cc(-c6cccc7c6nc(-c6cc(C(C)(C)C)cc(C(C)(C)C)c6O)n7-c6ccc(C(C)(C)C)cc6-c6ccccc6)cc(C(C)(C)C)c5)ncnc34)cc2o1. The maximum Gasteiger partial charge on any atom is 0.173 e. The van der Waals surface area contributed by atoms with Gasteiger partial charge in [0.05, 0.1) is 33.5 Å². The number of phenols is 1. The molecule has 73 heavy (non-hydrogen) atoms. The van der Waals surface area contributed by atoms with Crippen molar-refractivity contribution in [2.45, 2.75) is 132 Å². The van der Waals surface area contributed by atoms with Crippen LogP contribution in [0.2, 0.25) is 0 Å². The highest BCUT2D eigenvalue weighted by atomic mass is 16.4. The number of fused-ring (bicyclic) bond motifs is 3. The minimum atomic E-state index is -0.346. The van der Waals surface area contributed by atoms with Crippen molar-refractivity contribution in [2.75, 3.05) is 0 Å². The Morgan fingerprint density at radius 1 is 0.493 bits per heavy atom. The summed E-state index contributed by atoms with van der Waals surface area (Å²) >= 11 is 0. The zero-order valence-electron chi connectivity index (χ0n) is 45.5. The number of nitrogens with zero attached hydrogens (tertiary/aromatic N) is 4. The van der Waals surface area contributed by atoms with E-state index in [-0.39, 0.29) is 32.8 Å². The van der Waals surface area contributed by atoms with Gasteiger partial charge >= 0.3 is 0 Å². The van der Waals surface area contributed by atoms with Crippen molar-refractivity contribution in [2.24, 2.45) is 5.41 Å². The molecule has 372 valence electrons. The van der Waals surface area contributed by atoms with E-state index >= 15 is 0 Å². The van der Waals surface area contributed by atoms with Crippen LogP contribution in [-0.2, 0) is 28.1 Å². The molecule has 7 nitrogen and oxygen atoms in total. The average Bonchev–Trinajstić information content (AvgIpc) is 4.01. The molecule has 4 aromatic heterocycles. The summed E-state index contributed by atoms with van der Waals surface area (Å²) in [6.07, 6.45) is 2.48. The van der Waals surface area contributed by atoms with Gasteiger partial charge in [-0.3, -0.25) is 4.57 Å². The smallest absolute Gasteiger partial charge is 0.173 e. The summed E-state index contributed by atoms with van der Waals surface area (Å²) in [7, 11) is 0. The summed E-state index contributed by atoms with van der Waals surface area (Å²) in [5, 5.41) is 13.6. The van der Waals surface area contributed by atoms with Crippen LogP contribution >= 0.6 is 0 Å². The summed E-state index contributed by atoms with van der Waals surface area (Å²) in [5.74, 6) is 2.53. The van der Waals surface area contributed by atoms with Crippen LogP contribution in [0.25, 0.3) is 95.0 Å². The van der Waals surface area contributed by atoms with E-state index in [9.17, 15) is 5.11 Å². The number of benzene rings is 6. The van der Waals surface area contributed by atoms with Gasteiger partial charge in [0.15, 0.2) is 11.2 Å². The van der Waals surface area contributed by atoms with Gasteiger partial charge in [-0.1, -0.05) is 177 Å².